The molecule has 0 aliphatic carbocycles. The Balaban J connectivity index is 0.00000392. The van der Waals surface area contributed by atoms with E-state index in [1.807, 2.05) is 55.4 Å². The Labute approximate surface area is 182 Å². The second-order valence-corrected chi connectivity index (χ2v) is 8.25. The van der Waals surface area contributed by atoms with E-state index in [-0.39, 0.29) is 24.3 Å². The van der Waals surface area contributed by atoms with Crippen LogP contribution in [0, 0.1) is 0 Å². The highest BCUT2D eigenvalue weighted by molar-refractivity contribution is 8.26. The molecule has 0 aromatic heterocycles. The largest absolute Gasteiger partial charge is 0.464 e. The summed E-state index contributed by atoms with van der Waals surface area (Å²) in [6.07, 6.45) is 4.73. The van der Waals surface area contributed by atoms with E-state index in [9.17, 15) is 9.59 Å². The second kappa shape index (κ2) is 12.9. The van der Waals surface area contributed by atoms with E-state index in [0.29, 0.717) is 28.8 Å². The summed E-state index contributed by atoms with van der Waals surface area (Å²) in [7, 11) is 3.88. The standard InChI is InChI=1S/C20H26N2O3S2.ClH/c1-21(2)13-14-25-18(23)11-7-4-8-12-22-19(24)17(27-20(22)26)15-16-9-5-3-6-10-16;/h3,5-6,9-10,15H,4,7-8,11-14H2,1-2H3;1H/b17-15-;. The maximum Gasteiger partial charge on any atom is 0.305 e. The molecule has 0 unspecified atom stereocenters. The fraction of sp³-hybridized carbons (Fsp3) is 0.450. The van der Waals surface area contributed by atoms with Crippen LogP contribution in [0.25, 0.3) is 6.08 Å². The van der Waals surface area contributed by atoms with E-state index in [2.05, 4.69) is 0 Å². The summed E-state index contributed by atoms with van der Waals surface area (Å²) in [4.78, 5) is 28.5. The lowest BCUT2D eigenvalue weighted by Crippen LogP contribution is -2.29. The molecule has 2 rings (SSSR count). The van der Waals surface area contributed by atoms with Gasteiger partial charge in [-0.1, -0.05) is 60.7 Å². The topological polar surface area (TPSA) is 49.9 Å². The minimum Gasteiger partial charge on any atom is -0.464 e. The number of hydrogen-bond donors (Lipinski definition) is 0. The monoisotopic (exact) mass is 442 g/mol. The molecule has 28 heavy (non-hydrogen) atoms. The molecule has 0 atom stereocenters. The number of carbonyl (C=O) groups is 2. The lowest BCUT2D eigenvalue weighted by atomic mass is 10.2. The van der Waals surface area contributed by atoms with E-state index in [4.69, 9.17) is 17.0 Å². The number of nitrogens with zero attached hydrogens (tertiary/aromatic N) is 2. The molecule has 0 saturated carbocycles. The molecule has 1 aliphatic rings. The van der Waals surface area contributed by atoms with E-state index in [1.165, 1.54) is 11.8 Å². The first-order chi connectivity index (χ1) is 13.0. The van der Waals surface area contributed by atoms with Gasteiger partial charge in [0.25, 0.3) is 5.91 Å². The molecular formula is C20H27ClN2O3S2. The molecule has 1 aromatic carbocycles. The van der Waals surface area contributed by atoms with Crippen LogP contribution in [0.5, 0.6) is 0 Å². The molecule has 1 saturated heterocycles. The van der Waals surface area contributed by atoms with Crippen LogP contribution >= 0.6 is 36.4 Å². The number of esters is 1. The first-order valence-corrected chi connectivity index (χ1v) is 10.3. The average Bonchev–Trinajstić information content (AvgIpc) is 2.89. The quantitative estimate of drug-likeness (QED) is 0.236. The van der Waals surface area contributed by atoms with Crippen LogP contribution in [0.1, 0.15) is 31.2 Å². The van der Waals surface area contributed by atoms with Gasteiger partial charge in [0.2, 0.25) is 0 Å². The minimum absolute atomic E-state index is 0. The van der Waals surface area contributed by atoms with E-state index >= 15 is 0 Å². The van der Waals surface area contributed by atoms with Crippen molar-refractivity contribution in [2.24, 2.45) is 0 Å². The Kier molecular flexibility index (Phi) is 11.4. The first kappa shape index (κ1) is 24.6. The summed E-state index contributed by atoms with van der Waals surface area (Å²) >= 11 is 6.70. The fourth-order valence-corrected chi connectivity index (χ4v) is 3.83. The van der Waals surface area contributed by atoms with Crippen molar-refractivity contribution in [3.8, 4) is 0 Å². The van der Waals surface area contributed by atoms with Crippen LogP contribution in [0.3, 0.4) is 0 Å². The second-order valence-electron chi connectivity index (χ2n) is 6.58. The van der Waals surface area contributed by atoms with Crippen molar-refractivity contribution in [3.05, 3.63) is 40.8 Å². The van der Waals surface area contributed by atoms with Gasteiger partial charge in [-0.3, -0.25) is 14.5 Å². The molecule has 0 spiro atoms. The number of benzene rings is 1. The van der Waals surface area contributed by atoms with Crippen molar-refractivity contribution in [1.82, 2.24) is 9.80 Å². The van der Waals surface area contributed by atoms with E-state index in [1.54, 1.807) is 4.90 Å². The van der Waals surface area contributed by atoms with Crippen molar-refractivity contribution >= 4 is 58.7 Å². The average molecular weight is 443 g/mol. The Bertz CT molecular complexity index is 696. The summed E-state index contributed by atoms with van der Waals surface area (Å²) < 4.78 is 5.76. The van der Waals surface area contributed by atoms with Crippen molar-refractivity contribution in [3.63, 3.8) is 0 Å². The fourth-order valence-electron chi connectivity index (χ4n) is 2.52. The zero-order valence-electron chi connectivity index (χ0n) is 16.3. The maximum absolute atomic E-state index is 12.5. The Morgan fingerprint density at radius 1 is 1.21 bits per heavy atom. The maximum atomic E-state index is 12.5. The van der Waals surface area contributed by atoms with Crippen LogP contribution in [-0.2, 0) is 14.3 Å². The van der Waals surface area contributed by atoms with Crippen molar-refractivity contribution in [1.29, 1.82) is 0 Å². The van der Waals surface area contributed by atoms with Crippen LogP contribution < -0.4 is 0 Å². The molecule has 1 aromatic rings. The molecule has 8 heteroatoms. The van der Waals surface area contributed by atoms with Gasteiger partial charge in [-0.15, -0.1) is 12.4 Å². The number of carbonyl (C=O) groups excluding carboxylic acids is 2. The van der Waals surface area contributed by atoms with Crippen molar-refractivity contribution in [2.75, 3.05) is 33.8 Å². The molecule has 5 nitrogen and oxygen atoms in total. The lowest BCUT2D eigenvalue weighted by Gasteiger charge is -2.14. The molecule has 1 fully saturated rings. The number of halogens is 1. The normalized spacial score (nSPS) is 15.2. The number of ether oxygens (including phenoxy) is 1. The third kappa shape index (κ3) is 8.31. The molecule has 1 amide bonds. The van der Waals surface area contributed by atoms with Gasteiger partial charge in [0.15, 0.2) is 0 Å². The SMILES string of the molecule is CN(C)CCOC(=O)CCCCCN1C(=O)/C(=C/c2ccccc2)SC1=S.Cl. The number of amides is 1. The lowest BCUT2D eigenvalue weighted by molar-refractivity contribution is -0.144. The molecule has 154 valence electrons. The number of thioether (sulfide) groups is 1. The summed E-state index contributed by atoms with van der Waals surface area (Å²) in [5.74, 6) is -0.190. The van der Waals surface area contributed by atoms with Gasteiger partial charge in [0.1, 0.15) is 10.9 Å². The molecule has 0 radical (unpaired) electrons. The zero-order chi connectivity index (χ0) is 19.6. The van der Waals surface area contributed by atoms with Crippen LogP contribution in [0.15, 0.2) is 35.2 Å². The van der Waals surface area contributed by atoms with E-state index in [0.717, 1.165) is 31.4 Å². The van der Waals surface area contributed by atoms with Crippen molar-refractivity contribution < 1.29 is 14.3 Å². The Hall–Kier alpha value is -1.41. The van der Waals surface area contributed by atoms with Gasteiger partial charge in [-0.2, -0.15) is 0 Å². The minimum atomic E-state index is -0.159. The first-order valence-electron chi connectivity index (χ1n) is 9.08. The summed E-state index contributed by atoms with van der Waals surface area (Å²) in [5, 5.41) is 0. The third-order valence-corrected chi connectivity index (χ3v) is 5.41. The van der Waals surface area contributed by atoms with Crippen molar-refractivity contribution in [2.45, 2.75) is 25.7 Å². The smallest absolute Gasteiger partial charge is 0.305 e. The highest BCUT2D eigenvalue weighted by Gasteiger charge is 2.31. The predicted molar refractivity (Wildman–Crippen MR) is 122 cm³/mol. The third-order valence-electron chi connectivity index (χ3n) is 4.04. The summed E-state index contributed by atoms with van der Waals surface area (Å²) in [6.45, 7) is 1.75. The molecular weight excluding hydrogens is 416 g/mol. The van der Waals surface area contributed by atoms with Gasteiger partial charge in [0, 0.05) is 19.5 Å². The van der Waals surface area contributed by atoms with Gasteiger partial charge in [0.05, 0.1) is 4.91 Å². The number of rotatable bonds is 10. The number of thiocarbonyl (C=S) groups is 1. The van der Waals surface area contributed by atoms with Gasteiger partial charge >= 0.3 is 5.97 Å². The summed E-state index contributed by atoms with van der Waals surface area (Å²) in [5.41, 5.74) is 0.991. The Morgan fingerprint density at radius 3 is 2.61 bits per heavy atom. The van der Waals surface area contributed by atoms with Crippen LogP contribution in [0.2, 0.25) is 0 Å². The number of likely N-dealkylation sites (N-methyl/N-ethyl adjacent to an activating group) is 1. The number of unbranched alkanes of at least 4 members (excludes halogenated alkanes) is 2. The van der Waals surface area contributed by atoms with Crippen LogP contribution in [0.4, 0.5) is 0 Å². The van der Waals surface area contributed by atoms with Gasteiger partial charge in [-0.05, 0) is 38.6 Å². The molecule has 1 aliphatic heterocycles. The van der Waals surface area contributed by atoms with Crippen LogP contribution in [-0.4, -0.2) is 59.8 Å². The van der Waals surface area contributed by atoms with E-state index < -0.39 is 0 Å². The predicted octanol–water partition coefficient (Wildman–Crippen LogP) is 3.97. The number of hydrogen-bond acceptors (Lipinski definition) is 6. The molecule has 1 heterocycles. The molecule has 0 bridgehead atoms. The Morgan fingerprint density at radius 2 is 1.93 bits per heavy atom. The zero-order valence-corrected chi connectivity index (χ0v) is 18.7. The van der Waals surface area contributed by atoms with Gasteiger partial charge in [-0.25, -0.2) is 0 Å². The highest BCUT2D eigenvalue weighted by Crippen LogP contribution is 2.32. The summed E-state index contributed by atoms with van der Waals surface area (Å²) in [6, 6.07) is 9.76. The molecule has 0 N–H and O–H groups in total. The van der Waals surface area contributed by atoms with Gasteiger partial charge < -0.3 is 9.64 Å². The highest BCUT2D eigenvalue weighted by atomic mass is 35.5.